The standard InChI is InChI=1S/C13H11N3O3/c1-6-5-9(7(2)19-6)11-15-10-8(13(17)18)3-4-14-12(10)16-11/h3-5H,1-2H3,(H,17,18)(H,14,15,16). The van der Waals surface area contributed by atoms with Crippen molar-refractivity contribution in [3.05, 3.63) is 35.4 Å². The minimum Gasteiger partial charge on any atom is -0.478 e. The molecule has 0 saturated carbocycles. The van der Waals surface area contributed by atoms with E-state index in [2.05, 4.69) is 15.0 Å². The van der Waals surface area contributed by atoms with E-state index in [1.807, 2.05) is 19.9 Å². The summed E-state index contributed by atoms with van der Waals surface area (Å²) in [6.07, 6.45) is 1.43. The highest BCUT2D eigenvalue weighted by Crippen LogP contribution is 2.26. The van der Waals surface area contributed by atoms with Crippen LogP contribution in [0.5, 0.6) is 0 Å². The quantitative estimate of drug-likeness (QED) is 0.736. The molecule has 0 atom stereocenters. The summed E-state index contributed by atoms with van der Waals surface area (Å²) in [4.78, 5) is 22.5. The molecule has 0 aliphatic heterocycles. The predicted molar refractivity (Wildman–Crippen MR) is 68.0 cm³/mol. The Hall–Kier alpha value is -2.63. The number of carboxylic acids is 1. The van der Waals surface area contributed by atoms with Crippen LogP contribution in [0.1, 0.15) is 21.9 Å². The zero-order valence-electron chi connectivity index (χ0n) is 10.4. The van der Waals surface area contributed by atoms with Crippen LogP contribution in [0.3, 0.4) is 0 Å². The lowest BCUT2D eigenvalue weighted by Crippen LogP contribution is -1.97. The maximum Gasteiger partial charge on any atom is 0.338 e. The topological polar surface area (TPSA) is 92.0 Å². The molecule has 0 radical (unpaired) electrons. The maximum atomic E-state index is 11.1. The number of H-pyrrole nitrogens is 1. The third-order valence-electron chi connectivity index (χ3n) is 2.92. The lowest BCUT2D eigenvalue weighted by molar-refractivity contribution is 0.0698. The van der Waals surface area contributed by atoms with Crippen LogP contribution in [-0.4, -0.2) is 26.0 Å². The number of aromatic nitrogens is 3. The van der Waals surface area contributed by atoms with Gasteiger partial charge in [-0.15, -0.1) is 0 Å². The fraction of sp³-hybridized carbons (Fsp3) is 0.154. The number of imidazole rings is 1. The molecule has 3 aromatic heterocycles. The first-order chi connectivity index (χ1) is 9.06. The zero-order chi connectivity index (χ0) is 13.6. The van der Waals surface area contributed by atoms with Gasteiger partial charge in [0.25, 0.3) is 0 Å². The Morgan fingerprint density at radius 2 is 2.21 bits per heavy atom. The van der Waals surface area contributed by atoms with Crippen molar-refractivity contribution in [3.63, 3.8) is 0 Å². The molecular weight excluding hydrogens is 246 g/mol. The summed E-state index contributed by atoms with van der Waals surface area (Å²) < 4.78 is 5.45. The van der Waals surface area contributed by atoms with Crippen LogP contribution in [0, 0.1) is 13.8 Å². The highest BCUT2D eigenvalue weighted by molar-refractivity contribution is 6.00. The number of furan rings is 1. The van der Waals surface area contributed by atoms with E-state index < -0.39 is 5.97 Å². The number of aromatic carboxylic acids is 1. The van der Waals surface area contributed by atoms with Crippen LogP contribution in [-0.2, 0) is 0 Å². The third kappa shape index (κ3) is 1.77. The molecule has 0 saturated heterocycles. The summed E-state index contributed by atoms with van der Waals surface area (Å²) in [5.74, 6) is 1.06. The van der Waals surface area contributed by atoms with Crippen molar-refractivity contribution in [2.45, 2.75) is 13.8 Å². The number of carboxylic acid groups (broad SMARTS) is 1. The number of hydrogen-bond acceptors (Lipinski definition) is 4. The van der Waals surface area contributed by atoms with Crippen LogP contribution in [0.25, 0.3) is 22.6 Å². The smallest absolute Gasteiger partial charge is 0.338 e. The lowest BCUT2D eigenvalue weighted by atomic mass is 10.2. The predicted octanol–water partition coefficient (Wildman–Crippen LogP) is 2.53. The number of fused-ring (bicyclic) bond motifs is 1. The second-order valence-electron chi connectivity index (χ2n) is 4.27. The van der Waals surface area contributed by atoms with Crippen LogP contribution in [0.15, 0.2) is 22.7 Å². The van der Waals surface area contributed by atoms with Crippen molar-refractivity contribution >= 4 is 17.1 Å². The molecule has 3 rings (SSSR count). The summed E-state index contributed by atoms with van der Waals surface area (Å²) in [6, 6.07) is 3.30. The van der Waals surface area contributed by atoms with Gasteiger partial charge in [-0.1, -0.05) is 0 Å². The van der Waals surface area contributed by atoms with Gasteiger partial charge in [0, 0.05) is 6.20 Å². The highest BCUT2D eigenvalue weighted by Gasteiger charge is 2.16. The van der Waals surface area contributed by atoms with E-state index in [-0.39, 0.29) is 5.56 Å². The summed E-state index contributed by atoms with van der Waals surface area (Å²) in [5, 5.41) is 9.13. The Morgan fingerprint density at radius 1 is 1.42 bits per heavy atom. The minimum absolute atomic E-state index is 0.154. The SMILES string of the molecule is Cc1cc(-c2nc3nccc(C(=O)O)c3[nH]2)c(C)o1. The van der Waals surface area contributed by atoms with Crippen LogP contribution in [0.2, 0.25) is 0 Å². The number of aromatic amines is 1. The monoisotopic (exact) mass is 257 g/mol. The van der Waals surface area contributed by atoms with Crippen molar-refractivity contribution < 1.29 is 14.3 Å². The maximum absolute atomic E-state index is 11.1. The first kappa shape index (κ1) is 11.5. The number of nitrogens with one attached hydrogen (secondary N) is 1. The molecule has 0 aromatic carbocycles. The Kier molecular flexibility index (Phi) is 2.38. The summed E-state index contributed by atoms with van der Waals surface area (Å²) >= 11 is 0. The molecule has 19 heavy (non-hydrogen) atoms. The van der Waals surface area contributed by atoms with E-state index in [0.29, 0.717) is 17.0 Å². The fourth-order valence-electron chi connectivity index (χ4n) is 2.08. The lowest BCUT2D eigenvalue weighted by Gasteiger charge is -1.94. The van der Waals surface area contributed by atoms with Crippen molar-refractivity contribution in [1.29, 1.82) is 0 Å². The molecule has 0 aliphatic rings. The van der Waals surface area contributed by atoms with Gasteiger partial charge >= 0.3 is 5.97 Å². The summed E-state index contributed by atoms with van der Waals surface area (Å²) in [5.41, 5.74) is 1.77. The molecule has 6 heteroatoms. The molecule has 0 bridgehead atoms. The molecule has 0 amide bonds. The van der Waals surface area contributed by atoms with Crippen LogP contribution >= 0.6 is 0 Å². The molecule has 3 heterocycles. The Balaban J connectivity index is 2.25. The number of aryl methyl sites for hydroxylation is 2. The van der Waals surface area contributed by atoms with E-state index in [1.165, 1.54) is 12.3 Å². The molecule has 6 nitrogen and oxygen atoms in total. The van der Waals surface area contributed by atoms with Gasteiger partial charge in [-0.25, -0.2) is 14.8 Å². The molecule has 96 valence electrons. The summed E-state index contributed by atoms with van der Waals surface area (Å²) in [7, 11) is 0. The normalized spacial score (nSPS) is 11.1. The largest absolute Gasteiger partial charge is 0.478 e. The third-order valence-corrected chi connectivity index (χ3v) is 2.92. The number of pyridine rings is 1. The van der Waals surface area contributed by atoms with E-state index in [9.17, 15) is 4.79 Å². The van der Waals surface area contributed by atoms with Crippen molar-refractivity contribution in [3.8, 4) is 11.4 Å². The fourth-order valence-corrected chi connectivity index (χ4v) is 2.08. The molecular formula is C13H11N3O3. The molecule has 2 N–H and O–H groups in total. The number of carbonyl (C=O) groups is 1. The first-order valence-electron chi connectivity index (χ1n) is 5.71. The Labute approximate surface area is 108 Å². The number of hydrogen-bond donors (Lipinski definition) is 2. The van der Waals surface area contributed by atoms with Gasteiger partial charge in [-0.05, 0) is 26.0 Å². The Bertz CT molecular complexity index is 786. The van der Waals surface area contributed by atoms with E-state index in [1.54, 1.807) is 0 Å². The van der Waals surface area contributed by atoms with Crippen molar-refractivity contribution in [2.75, 3.05) is 0 Å². The van der Waals surface area contributed by atoms with Crippen molar-refractivity contribution in [1.82, 2.24) is 15.0 Å². The van der Waals surface area contributed by atoms with Gasteiger partial charge in [0.15, 0.2) is 5.65 Å². The van der Waals surface area contributed by atoms with Gasteiger partial charge in [0.1, 0.15) is 17.3 Å². The van der Waals surface area contributed by atoms with Crippen LogP contribution < -0.4 is 0 Å². The van der Waals surface area contributed by atoms with Gasteiger partial charge < -0.3 is 14.5 Å². The number of nitrogens with zero attached hydrogens (tertiary/aromatic N) is 2. The molecule has 0 aliphatic carbocycles. The average Bonchev–Trinajstić information content (AvgIpc) is 2.91. The van der Waals surface area contributed by atoms with Crippen molar-refractivity contribution in [2.24, 2.45) is 0 Å². The summed E-state index contributed by atoms with van der Waals surface area (Å²) in [6.45, 7) is 3.68. The molecule has 0 unspecified atom stereocenters. The molecule has 0 spiro atoms. The number of rotatable bonds is 2. The second-order valence-corrected chi connectivity index (χ2v) is 4.27. The minimum atomic E-state index is -1.01. The van der Waals surface area contributed by atoms with E-state index in [4.69, 9.17) is 9.52 Å². The Morgan fingerprint density at radius 3 is 2.84 bits per heavy atom. The first-order valence-corrected chi connectivity index (χ1v) is 5.71. The molecule has 3 aromatic rings. The van der Waals surface area contributed by atoms with Gasteiger partial charge in [0.2, 0.25) is 0 Å². The van der Waals surface area contributed by atoms with Gasteiger partial charge in [-0.2, -0.15) is 0 Å². The average molecular weight is 257 g/mol. The van der Waals surface area contributed by atoms with E-state index in [0.717, 1.165) is 17.1 Å². The zero-order valence-corrected chi connectivity index (χ0v) is 10.4. The highest BCUT2D eigenvalue weighted by atomic mass is 16.4. The van der Waals surface area contributed by atoms with Gasteiger partial charge in [0.05, 0.1) is 16.6 Å². The van der Waals surface area contributed by atoms with E-state index >= 15 is 0 Å². The van der Waals surface area contributed by atoms with Gasteiger partial charge in [-0.3, -0.25) is 0 Å². The molecule has 0 fully saturated rings. The van der Waals surface area contributed by atoms with Crippen LogP contribution in [0.4, 0.5) is 0 Å². The second kappa shape index (κ2) is 3.94.